The van der Waals surface area contributed by atoms with Crippen LogP contribution >= 0.6 is 0 Å². The van der Waals surface area contributed by atoms with Crippen LogP contribution < -0.4 is 10.2 Å². The molecule has 0 spiro atoms. The van der Waals surface area contributed by atoms with Gasteiger partial charge >= 0.3 is 0 Å². The maximum atomic E-state index is 13.6. The third-order valence-corrected chi connectivity index (χ3v) is 6.76. The van der Waals surface area contributed by atoms with Gasteiger partial charge in [-0.25, -0.2) is 4.39 Å². The molecule has 1 N–H and O–H groups in total. The first-order chi connectivity index (χ1) is 15.5. The molecule has 1 saturated carbocycles. The molecule has 0 radical (unpaired) electrons. The lowest BCUT2D eigenvalue weighted by Crippen LogP contribution is -2.30. The summed E-state index contributed by atoms with van der Waals surface area (Å²) < 4.78 is 13.6. The molecule has 2 fully saturated rings. The largest absolute Gasteiger partial charge is 0.371 e. The number of fused-ring (bicyclic) bond motifs is 1. The van der Waals surface area contributed by atoms with Gasteiger partial charge in [-0.3, -0.25) is 9.79 Å². The predicted molar refractivity (Wildman–Crippen MR) is 130 cm³/mol. The molecule has 1 saturated heterocycles. The molecule has 3 aliphatic rings. The first-order valence-electron chi connectivity index (χ1n) is 11.5. The number of halogens is 1. The normalized spacial score (nSPS) is 25.7. The van der Waals surface area contributed by atoms with E-state index in [2.05, 4.69) is 46.1 Å². The Morgan fingerprint density at radius 3 is 2.56 bits per heavy atom. The molecule has 2 heterocycles. The molecular weight excluding hydrogens is 401 g/mol. The average Bonchev–Trinajstić information content (AvgIpc) is 3.32. The molecule has 5 heteroatoms. The second kappa shape index (κ2) is 9.68. The Kier molecular flexibility index (Phi) is 6.73. The lowest BCUT2D eigenvalue weighted by molar-refractivity contribution is -0.117. The van der Waals surface area contributed by atoms with Crippen LogP contribution in [0.4, 0.5) is 10.1 Å². The Bertz CT molecular complexity index is 988. The van der Waals surface area contributed by atoms with Crippen molar-refractivity contribution in [2.45, 2.75) is 39.4 Å². The molecule has 2 aliphatic heterocycles. The minimum absolute atomic E-state index is 0.135. The van der Waals surface area contributed by atoms with Gasteiger partial charge in [0, 0.05) is 31.0 Å². The summed E-state index contributed by atoms with van der Waals surface area (Å²) in [6.07, 6.45) is 8.54. The second-order valence-electron chi connectivity index (χ2n) is 9.02. The number of amides is 1. The van der Waals surface area contributed by atoms with E-state index in [9.17, 15) is 9.18 Å². The third-order valence-electron chi connectivity index (χ3n) is 6.76. The van der Waals surface area contributed by atoms with Gasteiger partial charge in [-0.1, -0.05) is 43.0 Å². The van der Waals surface area contributed by atoms with E-state index >= 15 is 0 Å². The van der Waals surface area contributed by atoms with Gasteiger partial charge in [-0.05, 0) is 67.4 Å². The molecule has 168 valence electrons. The van der Waals surface area contributed by atoms with Gasteiger partial charge in [0.25, 0.3) is 5.91 Å². The van der Waals surface area contributed by atoms with Crippen molar-refractivity contribution in [3.05, 3.63) is 77.4 Å². The van der Waals surface area contributed by atoms with Crippen molar-refractivity contribution < 1.29 is 9.18 Å². The van der Waals surface area contributed by atoms with Gasteiger partial charge in [0.1, 0.15) is 6.17 Å². The van der Waals surface area contributed by atoms with Gasteiger partial charge in [0.15, 0.2) is 0 Å². The van der Waals surface area contributed by atoms with E-state index in [1.165, 1.54) is 5.69 Å². The number of carbonyl (C=O) groups is 1. The molecule has 1 aliphatic carbocycles. The van der Waals surface area contributed by atoms with Gasteiger partial charge in [-0.15, -0.1) is 0 Å². The minimum atomic E-state index is -0.609. The van der Waals surface area contributed by atoms with Crippen LogP contribution in [0, 0.1) is 11.8 Å². The molecule has 3 atom stereocenters. The Labute approximate surface area is 190 Å². The summed E-state index contributed by atoms with van der Waals surface area (Å²) in [5, 5.41) is 3.04. The van der Waals surface area contributed by atoms with Crippen molar-refractivity contribution in [2.75, 3.05) is 24.5 Å². The van der Waals surface area contributed by atoms with Gasteiger partial charge in [0.05, 0.1) is 12.1 Å². The Balaban J connectivity index is 1.39. The van der Waals surface area contributed by atoms with Crippen LogP contribution in [0.15, 0.2) is 76.9 Å². The number of dihydropyridines is 1. The summed E-state index contributed by atoms with van der Waals surface area (Å²) >= 11 is 0. The quantitative estimate of drug-likeness (QED) is 0.646. The number of benzene rings is 1. The van der Waals surface area contributed by atoms with Crippen LogP contribution in [-0.2, 0) is 11.3 Å². The summed E-state index contributed by atoms with van der Waals surface area (Å²) in [7, 11) is 0. The van der Waals surface area contributed by atoms with Crippen molar-refractivity contribution in [3.8, 4) is 0 Å². The first kappa shape index (κ1) is 22.3. The van der Waals surface area contributed by atoms with Crippen LogP contribution in [0.1, 0.15) is 32.3 Å². The maximum Gasteiger partial charge on any atom is 0.253 e. The number of carbonyl (C=O) groups excluding carboxylic acids is 1. The van der Waals surface area contributed by atoms with Crippen molar-refractivity contribution in [3.63, 3.8) is 0 Å². The number of hydrogen-bond acceptors (Lipinski definition) is 3. The molecule has 4 nitrogen and oxygen atoms in total. The Hall–Kier alpha value is -2.95. The number of alkyl halides is 1. The zero-order valence-electron chi connectivity index (χ0n) is 19.0. The van der Waals surface area contributed by atoms with Crippen LogP contribution in [-0.4, -0.2) is 37.4 Å². The summed E-state index contributed by atoms with van der Waals surface area (Å²) in [5.74, 6) is 0.844. The fourth-order valence-corrected chi connectivity index (χ4v) is 5.03. The van der Waals surface area contributed by atoms with E-state index in [0.717, 1.165) is 35.5 Å². The number of anilines is 1. The number of rotatable bonds is 6. The van der Waals surface area contributed by atoms with Gasteiger partial charge in [-0.2, -0.15) is 0 Å². The highest BCUT2D eigenvalue weighted by molar-refractivity contribution is 6.22. The number of hydrogen-bond donors (Lipinski definition) is 1. The number of allylic oxidation sites excluding steroid dienone is 4. The molecule has 1 amide bonds. The smallest absolute Gasteiger partial charge is 0.253 e. The summed E-state index contributed by atoms with van der Waals surface area (Å²) in [6, 6.07) is 8.33. The van der Waals surface area contributed by atoms with E-state index in [1.807, 2.05) is 38.2 Å². The minimum Gasteiger partial charge on any atom is -0.371 e. The maximum absolute atomic E-state index is 13.6. The molecule has 0 bridgehead atoms. The molecule has 4 rings (SSSR count). The van der Waals surface area contributed by atoms with Gasteiger partial charge < -0.3 is 10.2 Å². The number of nitrogens with one attached hydrogen (secondary N) is 1. The van der Waals surface area contributed by atoms with Crippen LogP contribution in [0.2, 0.25) is 0 Å². The standard InChI is InChI=1S/C27H32FN3O/c1-4-5-6-7-25-18(2)14-29-19(3)26(25)27(32)30-15-20-8-10-24(11-9-20)31-16-21-12-23(28)13-22(21)17-31/h4-11,21-23H,2,12-17H2,1,3H3,(H,30,32)/b5-4-,7-6-/t21-,22+,23?. The van der Waals surface area contributed by atoms with E-state index in [0.29, 0.717) is 43.3 Å². The van der Waals surface area contributed by atoms with E-state index in [1.54, 1.807) is 0 Å². The molecule has 32 heavy (non-hydrogen) atoms. The first-order valence-corrected chi connectivity index (χ1v) is 11.5. The van der Waals surface area contributed by atoms with E-state index < -0.39 is 6.17 Å². The van der Waals surface area contributed by atoms with Crippen molar-refractivity contribution in [1.29, 1.82) is 0 Å². The molecule has 1 aromatic rings. The highest BCUT2D eigenvalue weighted by Gasteiger charge is 2.41. The van der Waals surface area contributed by atoms with Crippen molar-refractivity contribution >= 4 is 17.3 Å². The Morgan fingerprint density at radius 1 is 1.22 bits per heavy atom. The SMILES string of the molecule is C=C1CN=C(C)C(C(=O)NCc2ccc(N3C[C@H]4CC(F)C[C@H]4C3)cc2)=C1/C=C\C=C/C. The van der Waals surface area contributed by atoms with Crippen molar-refractivity contribution in [1.82, 2.24) is 5.32 Å². The van der Waals surface area contributed by atoms with Crippen LogP contribution in [0.5, 0.6) is 0 Å². The zero-order chi connectivity index (χ0) is 22.7. The van der Waals surface area contributed by atoms with Crippen molar-refractivity contribution in [2.24, 2.45) is 16.8 Å². The molecule has 1 aromatic carbocycles. The molecule has 1 unspecified atom stereocenters. The molecule has 0 aromatic heterocycles. The topological polar surface area (TPSA) is 44.7 Å². The van der Waals surface area contributed by atoms with Gasteiger partial charge in [0.2, 0.25) is 0 Å². The number of nitrogens with zero attached hydrogens (tertiary/aromatic N) is 2. The lowest BCUT2D eigenvalue weighted by atomic mass is 9.94. The Morgan fingerprint density at radius 2 is 1.91 bits per heavy atom. The van der Waals surface area contributed by atoms with E-state index in [4.69, 9.17) is 0 Å². The summed E-state index contributed by atoms with van der Waals surface area (Å²) in [6.45, 7) is 10.8. The molecular formula is C27H32FN3O. The highest BCUT2D eigenvalue weighted by atomic mass is 19.1. The van der Waals surface area contributed by atoms with Crippen LogP contribution in [0.3, 0.4) is 0 Å². The second-order valence-corrected chi connectivity index (χ2v) is 9.02. The summed E-state index contributed by atoms with van der Waals surface area (Å²) in [4.78, 5) is 19.8. The zero-order valence-corrected chi connectivity index (χ0v) is 19.0. The highest BCUT2D eigenvalue weighted by Crippen LogP contribution is 2.41. The van der Waals surface area contributed by atoms with E-state index in [-0.39, 0.29) is 5.91 Å². The third kappa shape index (κ3) is 4.77. The average molecular weight is 434 g/mol. The number of aliphatic imine (C=N–C) groups is 1. The fraction of sp³-hybridized carbons (Fsp3) is 0.407. The van der Waals surface area contributed by atoms with Crippen LogP contribution in [0.25, 0.3) is 0 Å². The summed E-state index contributed by atoms with van der Waals surface area (Å²) in [5.41, 5.74) is 5.24. The predicted octanol–water partition coefficient (Wildman–Crippen LogP) is 4.95. The monoisotopic (exact) mass is 433 g/mol. The lowest BCUT2D eigenvalue weighted by Gasteiger charge is -2.21. The fourth-order valence-electron chi connectivity index (χ4n) is 5.03.